The Hall–Kier alpha value is -2.07. The lowest BCUT2D eigenvalue weighted by Crippen LogP contribution is -3.13. The van der Waals surface area contributed by atoms with E-state index in [-0.39, 0.29) is 5.91 Å². The van der Waals surface area contributed by atoms with Crippen molar-refractivity contribution >= 4 is 5.91 Å². The Morgan fingerprint density at radius 3 is 2.62 bits per heavy atom. The monoisotopic (exact) mass is 285 g/mol. The largest absolute Gasteiger partial charge is 0.459 e. The molecule has 1 saturated heterocycles. The maximum absolute atomic E-state index is 12.2. The van der Waals surface area contributed by atoms with Crippen LogP contribution in [0.5, 0.6) is 0 Å². The third-order valence-electron chi connectivity index (χ3n) is 4.19. The van der Waals surface area contributed by atoms with Crippen molar-refractivity contribution in [1.82, 2.24) is 4.90 Å². The van der Waals surface area contributed by atoms with Crippen molar-refractivity contribution in [1.29, 1.82) is 0 Å². The molecule has 4 nitrogen and oxygen atoms in total. The van der Waals surface area contributed by atoms with Gasteiger partial charge in [0.05, 0.1) is 32.4 Å². The zero-order valence-electron chi connectivity index (χ0n) is 12.3. The second kappa shape index (κ2) is 6.14. The van der Waals surface area contributed by atoms with E-state index in [0.29, 0.717) is 5.76 Å². The molecule has 4 heteroatoms. The van der Waals surface area contributed by atoms with Crippen LogP contribution in [0.4, 0.5) is 0 Å². The van der Waals surface area contributed by atoms with E-state index in [0.717, 1.165) is 32.7 Å². The highest BCUT2D eigenvalue weighted by molar-refractivity contribution is 5.91. The fourth-order valence-corrected chi connectivity index (χ4v) is 2.84. The maximum atomic E-state index is 12.2. The Kier molecular flexibility index (Phi) is 4.06. The van der Waals surface area contributed by atoms with Crippen LogP contribution in [-0.4, -0.2) is 37.0 Å². The average molecular weight is 285 g/mol. The molecule has 1 amide bonds. The predicted molar refractivity (Wildman–Crippen MR) is 80.2 cm³/mol. The highest BCUT2D eigenvalue weighted by Gasteiger charge is 2.25. The van der Waals surface area contributed by atoms with Crippen LogP contribution >= 0.6 is 0 Å². The fraction of sp³-hybridized carbons (Fsp3) is 0.353. The number of furan rings is 1. The molecule has 110 valence electrons. The quantitative estimate of drug-likeness (QED) is 0.918. The molecule has 0 aliphatic carbocycles. The van der Waals surface area contributed by atoms with Gasteiger partial charge in [0.1, 0.15) is 6.54 Å². The van der Waals surface area contributed by atoms with E-state index in [1.807, 2.05) is 4.90 Å². The summed E-state index contributed by atoms with van der Waals surface area (Å²) in [5.41, 5.74) is 2.75. The Morgan fingerprint density at radius 2 is 1.95 bits per heavy atom. The van der Waals surface area contributed by atoms with Gasteiger partial charge in [-0.25, -0.2) is 0 Å². The molecule has 21 heavy (non-hydrogen) atoms. The fourth-order valence-electron chi connectivity index (χ4n) is 2.84. The van der Waals surface area contributed by atoms with E-state index in [2.05, 4.69) is 31.2 Å². The first kappa shape index (κ1) is 13.9. The minimum absolute atomic E-state index is 0.00921. The second-order valence-electron chi connectivity index (χ2n) is 5.62. The van der Waals surface area contributed by atoms with Crippen molar-refractivity contribution < 1.29 is 14.1 Å². The van der Waals surface area contributed by atoms with Gasteiger partial charge in [0.2, 0.25) is 0 Å². The Balaban J connectivity index is 1.56. The van der Waals surface area contributed by atoms with Gasteiger partial charge in [-0.2, -0.15) is 0 Å². The summed E-state index contributed by atoms with van der Waals surface area (Å²) in [4.78, 5) is 15.6. The number of benzene rings is 1. The SMILES string of the molecule is Cc1ccccc1C[NH+]1CCN(C(=O)c2ccco2)CC1. The van der Waals surface area contributed by atoms with Crippen molar-refractivity contribution in [2.45, 2.75) is 13.5 Å². The number of nitrogens with one attached hydrogen (secondary N) is 1. The molecule has 2 aromatic rings. The Bertz CT molecular complexity index is 599. The number of amides is 1. The van der Waals surface area contributed by atoms with Gasteiger partial charge in [-0.1, -0.05) is 24.3 Å². The van der Waals surface area contributed by atoms with Crippen molar-refractivity contribution in [2.24, 2.45) is 0 Å². The summed E-state index contributed by atoms with van der Waals surface area (Å²) >= 11 is 0. The van der Waals surface area contributed by atoms with E-state index in [4.69, 9.17) is 4.42 Å². The lowest BCUT2D eigenvalue weighted by atomic mass is 10.1. The summed E-state index contributed by atoms with van der Waals surface area (Å²) in [5, 5.41) is 0. The van der Waals surface area contributed by atoms with Crippen LogP contribution in [0.1, 0.15) is 21.7 Å². The van der Waals surface area contributed by atoms with Gasteiger partial charge in [0.25, 0.3) is 5.91 Å². The number of aryl methyl sites for hydroxylation is 1. The molecular weight excluding hydrogens is 264 g/mol. The van der Waals surface area contributed by atoms with Crippen LogP contribution in [0.2, 0.25) is 0 Å². The smallest absolute Gasteiger partial charge is 0.289 e. The third-order valence-corrected chi connectivity index (χ3v) is 4.19. The van der Waals surface area contributed by atoms with Gasteiger partial charge in [0.15, 0.2) is 5.76 Å². The Morgan fingerprint density at radius 1 is 1.19 bits per heavy atom. The lowest BCUT2D eigenvalue weighted by Gasteiger charge is -2.32. The average Bonchev–Trinajstić information content (AvgIpc) is 3.04. The number of piperazine rings is 1. The standard InChI is InChI=1S/C17H20N2O2/c1-14-5-2-3-6-15(14)13-18-8-10-19(11-9-18)17(20)16-7-4-12-21-16/h2-7,12H,8-11,13H2,1H3/p+1. The zero-order chi connectivity index (χ0) is 14.7. The van der Waals surface area contributed by atoms with Gasteiger partial charge in [0, 0.05) is 5.56 Å². The summed E-state index contributed by atoms with van der Waals surface area (Å²) in [7, 11) is 0. The van der Waals surface area contributed by atoms with Crippen LogP contribution in [0.25, 0.3) is 0 Å². The molecule has 1 aromatic carbocycles. The molecule has 0 bridgehead atoms. The summed E-state index contributed by atoms with van der Waals surface area (Å²) in [5.74, 6) is 0.451. The highest BCUT2D eigenvalue weighted by Crippen LogP contribution is 2.07. The molecule has 0 radical (unpaired) electrons. The first-order valence-electron chi connectivity index (χ1n) is 7.45. The molecule has 1 aliphatic heterocycles. The summed E-state index contributed by atoms with van der Waals surface area (Å²) in [6, 6.07) is 12.0. The van der Waals surface area contributed by atoms with Crippen molar-refractivity contribution in [3.63, 3.8) is 0 Å². The highest BCUT2D eigenvalue weighted by atomic mass is 16.3. The molecule has 0 unspecified atom stereocenters. The first-order chi connectivity index (χ1) is 10.2. The Labute approximate surface area is 125 Å². The minimum Gasteiger partial charge on any atom is -0.459 e. The molecule has 1 aromatic heterocycles. The van der Waals surface area contributed by atoms with Crippen LogP contribution in [0.3, 0.4) is 0 Å². The third kappa shape index (κ3) is 3.16. The van der Waals surface area contributed by atoms with Gasteiger partial charge < -0.3 is 14.2 Å². The van der Waals surface area contributed by atoms with Crippen molar-refractivity contribution in [3.05, 3.63) is 59.5 Å². The first-order valence-corrected chi connectivity index (χ1v) is 7.45. The van der Waals surface area contributed by atoms with Gasteiger partial charge in [-0.15, -0.1) is 0 Å². The molecule has 2 heterocycles. The number of carbonyl (C=O) groups is 1. The lowest BCUT2D eigenvalue weighted by molar-refractivity contribution is -0.917. The summed E-state index contributed by atoms with van der Waals surface area (Å²) < 4.78 is 5.19. The van der Waals surface area contributed by atoms with Crippen molar-refractivity contribution in [2.75, 3.05) is 26.2 Å². The summed E-state index contributed by atoms with van der Waals surface area (Å²) in [6.45, 7) is 6.75. The molecule has 3 rings (SSSR count). The van der Waals surface area contributed by atoms with Crippen LogP contribution < -0.4 is 4.90 Å². The molecule has 0 spiro atoms. The molecule has 0 saturated carbocycles. The van der Waals surface area contributed by atoms with E-state index in [9.17, 15) is 4.79 Å². The van der Waals surface area contributed by atoms with E-state index < -0.39 is 0 Å². The van der Waals surface area contributed by atoms with Crippen molar-refractivity contribution in [3.8, 4) is 0 Å². The van der Waals surface area contributed by atoms with Crippen LogP contribution in [0, 0.1) is 6.92 Å². The number of quaternary nitrogens is 1. The maximum Gasteiger partial charge on any atom is 0.289 e. The molecular formula is C17H21N2O2+. The molecule has 1 N–H and O–H groups in total. The van der Waals surface area contributed by atoms with Crippen LogP contribution in [0.15, 0.2) is 47.1 Å². The predicted octanol–water partition coefficient (Wildman–Crippen LogP) is 1.13. The van der Waals surface area contributed by atoms with Crippen LogP contribution in [-0.2, 0) is 6.54 Å². The topological polar surface area (TPSA) is 37.9 Å². The molecule has 1 fully saturated rings. The number of hydrogen-bond acceptors (Lipinski definition) is 2. The normalized spacial score (nSPS) is 16.1. The van der Waals surface area contributed by atoms with E-state index in [1.54, 1.807) is 18.4 Å². The van der Waals surface area contributed by atoms with E-state index >= 15 is 0 Å². The van der Waals surface area contributed by atoms with Gasteiger partial charge in [-0.05, 0) is 24.6 Å². The number of carbonyl (C=O) groups excluding carboxylic acids is 1. The second-order valence-corrected chi connectivity index (χ2v) is 5.62. The summed E-state index contributed by atoms with van der Waals surface area (Å²) in [6.07, 6.45) is 1.55. The molecule has 1 aliphatic rings. The van der Waals surface area contributed by atoms with Gasteiger partial charge in [-0.3, -0.25) is 4.79 Å². The molecule has 0 atom stereocenters. The van der Waals surface area contributed by atoms with E-state index in [1.165, 1.54) is 16.0 Å². The number of nitrogens with zero attached hydrogens (tertiary/aromatic N) is 1. The zero-order valence-corrected chi connectivity index (χ0v) is 12.3. The minimum atomic E-state index is 0.00921. The number of rotatable bonds is 3. The number of hydrogen-bond donors (Lipinski definition) is 1. The van der Waals surface area contributed by atoms with Gasteiger partial charge >= 0.3 is 0 Å².